The van der Waals surface area contributed by atoms with Crippen molar-refractivity contribution in [1.82, 2.24) is 4.98 Å². The Hall–Kier alpha value is -2.15. The maximum absolute atomic E-state index is 5.96. The van der Waals surface area contributed by atoms with E-state index in [1.807, 2.05) is 18.3 Å². The van der Waals surface area contributed by atoms with Crippen molar-refractivity contribution in [3.05, 3.63) is 95.5 Å². The van der Waals surface area contributed by atoms with Crippen molar-refractivity contribution in [2.75, 3.05) is 0 Å². The van der Waals surface area contributed by atoms with Gasteiger partial charge in [-0.25, -0.2) is 0 Å². The molecule has 0 radical (unpaired) electrons. The summed E-state index contributed by atoms with van der Waals surface area (Å²) in [5.74, 6) is 3.64. The van der Waals surface area contributed by atoms with Crippen molar-refractivity contribution in [2.24, 2.45) is 40.2 Å². The van der Waals surface area contributed by atoms with Crippen LogP contribution in [0.4, 0.5) is 0 Å². The van der Waals surface area contributed by atoms with E-state index in [4.69, 9.17) is 5.73 Å². The molecule has 7 rings (SSSR count). The predicted molar refractivity (Wildman–Crippen MR) is 179 cm³/mol. The van der Waals surface area contributed by atoms with Crippen LogP contribution in [-0.2, 0) is 6.42 Å². The van der Waals surface area contributed by atoms with E-state index in [9.17, 15) is 0 Å². The molecule has 0 amide bonds. The predicted octanol–water partition coefficient (Wildman–Crippen LogP) is 9.93. The van der Waals surface area contributed by atoms with Gasteiger partial charge in [-0.1, -0.05) is 94.8 Å². The maximum Gasteiger partial charge on any atom is 0.0456 e. The average molecular weight is 557 g/mol. The van der Waals surface area contributed by atoms with Gasteiger partial charge in [0.1, 0.15) is 0 Å². The fourth-order valence-corrected chi connectivity index (χ4v) is 8.16. The molecular formula is C37H53N2P. The number of hydrogen-bond donors (Lipinski definition) is 2. The Morgan fingerprint density at radius 1 is 1.25 bits per heavy atom. The molecule has 1 spiro atoms. The second-order valence-corrected chi connectivity index (χ2v) is 13.8. The first kappa shape index (κ1) is 30.8. The zero-order chi connectivity index (χ0) is 27.9. The third kappa shape index (κ3) is 5.52. The molecule has 2 saturated carbocycles. The van der Waals surface area contributed by atoms with Crippen LogP contribution < -0.4 is 5.73 Å². The lowest BCUT2D eigenvalue weighted by Crippen LogP contribution is -2.40. The fourth-order valence-electron chi connectivity index (χ4n) is 8.04. The molecule has 1 aromatic heterocycles. The van der Waals surface area contributed by atoms with Crippen molar-refractivity contribution in [3.63, 3.8) is 0 Å². The van der Waals surface area contributed by atoms with E-state index in [1.165, 1.54) is 43.1 Å². The van der Waals surface area contributed by atoms with Crippen molar-refractivity contribution < 1.29 is 0 Å². The summed E-state index contributed by atoms with van der Waals surface area (Å²) in [4.78, 5) is 3.24. The first-order chi connectivity index (χ1) is 18.7. The van der Waals surface area contributed by atoms with Crippen LogP contribution in [0, 0.1) is 34.5 Å². The molecule has 0 bridgehead atoms. The van der Waals surface area contributed by atoms with Crippen LogP contribution in [0.5, 0.6) is 0 Å². The first-order valence-electron chi connectivity index (χ1n) is 15.2. The Balaban J connectivity index is 0.000000173. The normalized spacial score (nSPS) is 32.7. The van der Waals surface area contributed by atoms with Gasteiger partial charge in [-0.3, -0.25) is 0 Å². The van der Waals surface area contributed by atoms with Gasteiger partial charge in [0.2, 0.25) is 0 Å². The third-order valence-corrected chi connectivity index (χ3v) is 10.5. The molecule has 8 atom stereocenters. The van der Waals surface area contributed by atoms with Crippen molar-refractivity contribution >= 4 is 20.1 Å². The van der Waals surface area contributed by atoms with Crippen LogP contribution in [0.3, 0.4) is 0 Å². The fraction of sp³-hybridized carbons (Fsp3) is 0.514. The standard InChI is InChI=1S/C21H26.C12H15N2P.C3H8.CH4/c1-4-5-14-9-17-16-10-15(16)6-7-20(17,3)19-8-13(2)18-12-21(18,19)11-14;1-8(15)11(13)6-9-7-14-12-5-3-2-4-10(9)12;1-3-2;/h4,8-9,12,15-17,19H,1,5-7,10-11H2,2-3H3;2-5,7,11,14H,1,6,13,15H2;3H2,1-2H3;1H4. The summed E-state index contributed by atoms with van der Waals surface area (Å²) in [5.41, 5.74) is 14.2. The zero-order valence-electron chi connectivity index (χ0n) is 24.6. The van der Waals surface area contributed by atoms with Gasteiger partial charge in [-0.05, 0) is 97.1 Å². The van der Waals surface area contributed by atoms with E-state index in [1.54, 1.807) is 16.7 Å². The molecule has 3 N–H and O–H groups in total. The van der Waals surface area contributed by atoms with Crippen molar-refractivity contribution in [1.29, 1.82) is 0 Å². The number of rotatable bonds is 5. The molecule has 8 unspecified atom stereocenters. The molecule has 5 aliphatic carbocycles. The highest BCUT2D eigenvalue weighted by molar-refractivity contribution is 7.22. The number of allylic oxidation sites excluding steroid dienone is 7. The molecule has 1 aromatic carbocycles. The Bertz CT molecular complexity index is 1340. The molecule has 3 heteroatoms. The highest BCUT2D eigenvalue weighted by atomic mass is 31.0. The monoisotopic (exact) mass is 556 g/mol. The quantitative estimate of drug-likeness (QED) is 0.279. The summed E-state index contributed by atoms with van der Waals surface area (Å²) in [5, 5.41) is 2.19. The van der Waals surface area contributed by atoms with Gasteiger partial charge in [0.05, 0.1) is 0 Å². The molecule has 2 nitrogen and oxygen atoms in total. The van der Waals surface area contributed by atoms with Crippen LogP contribution in [-0.4, -0.2) is 11.0 Å². The van der Waals surface area contributed by atoms with Gasteiger partial charge in [0.15, 0.2) is 0 Å². The van der Waals surface area contributed by atoms with Crippen LogP contribution in [0.2, 0.25) is 0 Å². The molecule has 40 heavy (non-hydrogen) atoms. The van der Waals surface area contributed by atoms with E-state index in [2.05, 4.69) is 91.5 Å². The molecule has 2 aromatic rings. The number of aromatic amines is 1. The lowest BCUT2D eigenvalue weighted by atomic mass is 9.57. The van der Waals surface area contributed by atoms with Crippen LogP contribution in [0.25, 0.3) is 10.9 Å². The Morgan fingerprint density at radius 3 is 2.65 bits per heavy atom. The summed E-state index contributed by atoms with van der Waals surface area (Å²) in [7, 11) is 2.57. The minimum Gasteiger partial charge on any atom is -0.361 e. The largest absolute Gasteiger partial charge is 0.361 e. The second kappa shape index (κ2) is 12.0. The van der Waals surface area contributed by atoms with Gasteiger partial charge in [-0.2, -0.15) is 0 Å². The highest BCUT2D eigenvalue weighted by Crippen LogP contribution is 2.74. The third-order valence-electron chi connectivity index (χ3n) is 10.1. The number of nitrogens with one attached hydrogen (secondary N) is 1. The summed E-state index contributed by atoms with van der Waals surface area (Å²) in [6.45, 7) is 17.1. The molecule has 0 aliphatic heterocycles. The number of nitrogens with two attached hydrogens (primary N) is 1. The number of benzene rings is 1. The van der Waals surface area contributed by atoms with Crippen molar-refractivity contribution in [3.8, 4) is 0 Å². The molecular weight excluding hydrogens is 503 g/mol. The first-order valence-corrected chi connectivity index (χ1v) is 15.7. The lowest BCUT2D eigenvalue weighted by molar-refractivity contribution is 0.0618. The topological polar surface area (TPSA) is 41.8 Å². The van der Waals surface area contributed by atoms with Gasteiger partial charge in [0.25, 0.3) is 0 Å². The number of para-hydroxylation sites is 1. The average Bonchev–Trinajstić information content (AvgIpc) is 3.79. The molecule has 5 aliphatic rings. The van der Waals surface area contributed by atoms with E-state index in [-0.39, 0.29) is 13.5 Å². The van der Waals surface area contributed by atoms with E-state index < -0.39 is 0 Å². The lowest BCUT2D eigenvalue weighted by Gasteiger charge is -2.46. The van der Waals surface area contributed by atoms with Gasteiger partial charge < -0.3 is 10.7 Å². The molecule has 0 saturated heterocycles. The van der Waals surface area contributed by atoms with Crippen LogP contribution >= 0.6 is 9.24 Å². The Labute approximate surface area is 246 Å². The maximum atomic E-state index is 5.96. The van der Waals surface area contributed by atoms with E-state index in [0.717, 1.165) is 47.3 Å². The smallest absolute Gasteiger partial charge is 0.0456 e. The minimum atomic E-state index is 0. The molecule has 2 fully saturated rings. The van der Waals surface area contributed by atoms with E-state index in [0.29, 0.717) is 10.8 Å². The number of fused-ring (bicyclic) bond motifs is 5. The highest BCUT2D eigenvalue weighted by Gasteiger charge is 2.65. The Morgan fingerprint density at radius 2 is 1.98 bits per heavy atom. The zero-order valence-corrected chi connectivity index (χ0v) is 25.8. The Kier molecular flexibility index (Phi) is 9.23. The van der Waals surface area contributed by atoms with Crippen LogP contribution in [0.15, 0.2) is 90.0 Å². The second-order valence-electron chi connectivity index (χ2n) is 13.1. The number of hydrogen-bond acceptors (Lipinski definition) is 1. The van der Waals surface area contributed by atoms with E-state index >= 15 is 0 Å². The summed E-state index contributed by atoms with van der Waals surface area (Å²) in [6.07, 6.45) is 21.0. The van der Waals surface area contributed by atoms with Crippen molar-refractivity contribution in [2.45, 2.75) is 86.1 Å². The summed E-state index contributed by atoms with van der Waals surface area (Å²) in [6, 6.07) is 8.26. The molecule has 1 heterocycles. The van der Waals surface area contributed by atoms with Gasteiger partial charge in [0, 0.05) is 28.6 Å². The SMILES string of the molecule is C.C=C(P)C(N)Cc1c[nH]c2ccccc12.C=CCC1=CC2C3CC3CCC2(C)C2C=C(C)C3=CC32C1.CCC. The number of H-pyrrole nitrogens is 1. The van der Waals surface area contributed by atoms with Crippen LogP contribution in [0.1, 0.15) is 79.2 Å². The van der Waals surface area contributed by atoms with Gasteiger partial charge >= 0.3 is 0 Å². The minimum absolute atomic E-state index is 0. The summed E-state index contributed by atoms with van der Waals surface area (Å²) >= 11 is 0. The number of aromatic nitrogens is 1. The molecule has 216 valence electrons. The summed E-state index contributed by atoms with van der Waals surface area (Å²) < 4.78 is 0. The van der Waals surface area contributed by atoms with Gasteiger partial charge in [-0.15, -0.1) is 15.8 Å².